The lowest BCUT2D eigenvalue weighted by molar-refractivity contribution is 0.103. The Balaban J connectivity index is 2.30. The highest BCUT2D eigenvalue weighted by Gasteiger charge is 2.14. The van der Waals surface area contributed by atoms with Crippen molar-refractivity contribution in [2.24, 2.45) is 0 Å². The van der Waals surface area contributed by atoms with Gasteiger partial charge in [0, 0.05) is 16.8 Å². The number of nitrogens with one attached hydrogen (secondary N) is 1. The minimum atomic E-state index is -3.33. The summed E-state index contributed by atoms with van der Waals surface area (Å²) in [5.74, 6) is -0.199. The predicted octanol–water partition coefficient (Wildman–Crippen LogP) is 3.25. The number of rotatable bonds is 4. The van der Waals surface area contributed by atoms with E-state index in [1.54, 1.807) is 24.3 Å². The second-order valence-corrected chi connectivity index (χ2v) is 6.84. The highest BCUT2D eigenvalue weighted by atomic mass is 35.5. The molecule has 2 aromatic carbocycles. The molecule has 0 aliphatic heterocycles. The Morgan fingerprint density at radius 3 is 2.29 bits per heavy atom. The number of carbonyl (C=O) groups is 1. The van der Waals surface area contributed by atoms with Gasteiger partial charge in [0.2, 0.25) is 10.0 Å². The van der Waals surface area contributed by atoms with Crippen LogP contribution in [0.4, 0.5) is 5.69 Å². The maximum atomic E-state index is 12.4. The van der Waals surface area contributed by atoms with E-state index in [2.05, 4.69) is 4.72 Å². The van der Waals surface area contributed by atoms with E-state index in [-0.39, 0.29) is 5.78 Å². The standard InChI is InChI=1S/C15H14ClNO3S/c1-10-4-3-5-13(14(10)16)15(18)11-6-8-12(9-7-11)17-21(2,19)20/h3-9,17H,1-2H3. The summed E-state index contributed by atoms with van der Waals surface area (Å²) in [7, 11) is -3.33. The van der Waals surface area contributed by atoms with Crippen LogP contribution in [-0.2, 0) is 10.0 Å². The lowest BCUT2D eigenvalue weighted by Crippen LogP contribution is -2.10. The molecule has 0 aliphatic carbocycles. The van der Waals surface area contributed by atoms with Gasteiger partial charge in [0.1, 0.15) is 0 Å². The molecule has 2 rings (SSSR count). The summed E-state index contributed by atoms with van der Waals surface area (Å²) in [6.07, 6.45) is 1.07. The van der Waals surface area contributed by atoms with Gasteiger partial charge in [-0.3, -0.25) is 9.52 Å². The van der Waals surface area contributed by atoms with Crippen molar-refractivity contribution in [3.05, 3.63) is 64.2 Å². The Morgan fingerprint density at radius 2 is 1.71 bits per heavy atom. The first-order valence-electron chi connectivity index (χ1n) is 6.15. The molecule has 1 N–H and O–H groups in total. The first kappa shape index (κ1) is 15.5. The van der Waals surface area contributed by atoms with Gasteiger partial charge < -0.3 is 0 Å². The summed E-state index contributed by atoms with van der Waals surface area (Å²) in [5.41, 5.74) is 2.12. The number of ketones is 1. The van der Waals surface area contributed by atoms with Gasteiger partial charge in [-0.25, -0.2) is 8.42 Å². The van der Waals surface area contributed by atoms with Crippen molar-refractivity contribution in [1.29, 1.82) is 0 Å². The molecule has 0 spiro atoms. The average Bonchev–Trinajstić information content (AvgIpc) is 2.40. The van der Waals surface area contributed by atoms with Gasteiger partial charge in [-0.2, -0.15) is 0 Å². The molecule has 110 valence electrons. The van der Waals surface area contributed by atoms with E-state index in [0.29, 0.717) is 21.8 Å². The Hall–Kier alpha value is -1.85. The van der Waals surface area contributed by atoms with Crippen LogP contribution < -0.4 is 4.72 Å². The van der Waals surface area contributed by atoms with Crippen molar-refractivity contribution in [2.45, 2.75) is 6.92 Å². The molecule has 0 aliphatic rings. The fourth-order valence-corrected chi connectivity index (χ4v) is 2.66. The zero-order valence-corrected chi connectivity index (χ0v) is 13.1. The van der Waals surface area contributed by atoms with Gasteiger partial charge in [-0.05, 0) is 42.8 Å². The molecule has 4 nitrogen and oxygen atoms in total. The second-order valence-electron chi connectivity index (χ2n) is 4.72. The normalized spacial score (nSPS) is 11.2. The molecule has 0 heterocycles. The molecule has 0 atom stereocenters. The van der Waals surface area contributed by atoms with E-state index < -0.39 is 10.0 Å². The van der Waals surface area contributed by atoms with Gasteiger partial charge in [-0.15, -0.1) is 0 Å². The molecule has 6 heteroatoms. The molecule has 2 aromatic rings. The minimum absolute atomic E-state index is 0.199. The van der Waals surface area contributed by atoms with Crippen LogP contribution in [0.3, 0.4) is 0 Å². The second kappa shape index (κ2) is 5.87. The fraction of sp³-hybridized carbons (Fsp3) is 0.133. The van der Waals surface area contributed by atoms with Gasteiger partial charge in [0.25, 0.3) is 0 Å². The third kappa shape index (κ3) is 3.83. The Bertz CT molecular complexity index is 783. The van der Waals surface area contributed by atoms with Crippen LogP contribution in [0.15, 0.2) is 42.5 Å². The van der Waals surface area contributed by atoms with E-state index >= 15 is 0 Å². The van der Waals surface area contributed by atoms with Crippen molar-refractivity contribution in [3.8, 4) is 0 Å². The molecule has 0 saturated carbocycles. The maximum Gasteiger partial charge on any atom is 0.229 e. The summed E-state index contributed by atoms with van der Waals surface area (Å²) in [5, 5.41) is 0.431. The topological polar surface area (TPSA) is 63.2 Å². The van der Waals surface area contributed by atoms with Gasteiger partial charge in [0.15, 0.2) is 5.78 Å². The zero-order chi connectivity index (χ0) is 15.6. The van der Waals surface area contributed by atoms with E-state index in [1.807, 2.05) is 13.0 Å². The van der Waals surface area contributed by atoms with Gasteiger partial charge in [-0.1, -0.05) is 23.7 Å². The van der Waals surface area contributed by atoms with E-state index in [4.69, 9.17) is 11.6 Å². The highest BCUT2D eigenvalue weighted by molar-refractivity contribution is 7.92. The lowest BCUT2D eigenvalue weighted by atomic mass is 10.0. The van der Waals surface area contributed by atoms with Crippen LogP contribution >= 0.6 is 11.6 Å². The van der Waals surface area contributed by atoms with Crippen LogP contribution in [0, 0.1) is 6.92 Å². The van der Waals surface area contributed by atoms with Crippen LogP contribution in [-0.4, -0.2) is 20.5 Å². The number of sulfonamides is 1. The van der Waals surface area contributed by atoms with Crippen LogP contribution in [0.5, 0.6) is 0 Å². The molecule has 21 heavy (non-hydrogen) atoms. The Labute approximate surface area is 128 Å². The molecular formula is C15H14ClNO3S. The number of halogens is 1. The molecule has 0 aromatic heterocycles. The number of aryl methyl sites for hydroxylation is 1. The Kier molecular flexibility index (Phi) is 4.34. The molecular weight excluding hydrogens is 310 g/mol. The summed E-state index contributed by atoms with van der Waals surface area (Å²) in [6, 6.07) is 11.5. The van der Waals surface area contributed by atoms with Crippen LogP contribution in [0.1, 0.15) is 21.5 Å². The van der Waals surface area contributed by atoms with Crippen LogP contribution in [0.25, 0.3) is 0 Å². The number of hydrogen-bond acceptors (Lipinski definition) is 3. The highest BCUT2D eigenvalue weighted by Crippen LogP contribution is 2.23. The minimum Gasteiger partial charge on any atom is -0.289 e. The largest absolute Gasteiger partial charge is 0.289 e. The summed E-state index contributed by atoms with van der Waals surface area (Å²) in [4.78, 5) is 12.4. The lowest BCUT2D eigenvalue weighted by Gasteiger charge is -2.07. The van der Waals surface area contributed by atoms with Gasteiger partial charge >= 0.3 is 0 Å². The average molecular weight is 324 g/mol. The molecule has 0 saturated heterocycles. The number of benzene rings is 2. The molecule has 0 unspecified atom stereocenters. The van der Waals surface area contributed by atoms with Crippen molar-refractivity contribution in [3.63, 3.8) is 0 Å². The van der Waals surface area contributed by atoms with E-state index in [1.165, 1.54) is 12.1 Å². The summed E-state index contributed by atoms with van der Waals surface area (Å²) in [6.45, 7) is 1.83. The third-order valence-electron chi connectivity index (χ3n) is 2.89. The molecule has 0 fully saturated rings. The summed E-state index contributed by atoms with van der Waals surface area (Å²) < 4.78 is 24.6. The monoisotopic (exact) mass is 323 g/mol. The predicted molar refractivity (Wildman–Crippen MR) is 84.5 cm³/mol. The smallest absolute Gasteiger partial charge is 0.229 e. The van der Waals surface area contributed by atoms with Crippen molar-refractivity contribution in [1.82, 2.24) is 0 Å². The zero-order valence-electron chi connectivity index (χ0n) is 11.6. The SMILES string of the molecule is Cc1cccc(C(=O)c2ccc(NS(C)(=O)=O)cc2)c1Cl. The molecule has 0 radical (unpaired) electrons. The van der Waals surface area contributed by atoms with Crippen molar-refractivity contribution >= 4 is 33.1 Å². The van der Waals surface area contributed by atoms with Gasteiger partial charge in [0.05, 0.1) is 11.3 Å². The number of carbonyl (C=O) groups excluding carboxylic acids is 1. The summed E-state index contributed by atoms with van der Waals surface area (Å²) >= 11 is 6.14. The fourth-order valence-electron chi connectivity index (χ4n) is 1.88. The first-order valence-corrected chi connectivity index (χ1v) is 8.42. The quantitative estimate of drug-likeness (QED) is 0.878. The maximum absolute atomic E-state index is 12.4. The van der Waals surface area contributed by atoms with Crippen molar-refractivity contribution < 1.29 is 13.2 Å². The third-order valence-corrected chi connectivity index (χ3v) is 3.99. The molecule has 0 bridgehead atoms. The molecule has 0 amide bonds. The first-order chi connectivity index (χ1) is 9.78. The number of hydrogen-bond donors (Lipinski definition) is 1. The van der Waals surface area contributed by atoms with Crippen molar-refractivity contribution in [2.75, 3.05) is 11.0 Å². The Morgan fingerprint density at radius 1 is 1.10 bits per heavy atom. The van der Waals surface area contributed by atoms with E-state index in [0.717, 1.165) is 11.8 Å². The number of anilines is 1. The van der Waals surface area contributed by atoms with Crippen LogP contribution in [0.2, 0.25) is 5.02 Å². The van der Waals surface area contributed by atoms with E-state index in [9.17, 15) is 13.2 Å².